The van der Waals surface area contributed by atoms with Crippen molar-refractivity contribution >= 4 is 55.6 Å². The van der Waals surface area contributed by atoms with Crippen molar-refractivity contribution in [1.82, 2.24) is 9.88 Å². The van der Waals surface area contributed by atoms with Crippen LogP contribution < -0.4 is 4.72 Å². The van der Waals surface area contributed by atoms with E-state index in [1.165, 1.54) is 23.5 Å². The Morgan fingerprint density at radius 2 is 1.96 bits per heavy atom. The second-order valence-corrected chi connectivity index (χ2v) is 10.00. The zero-order valence-electron chi connectivity index (χ0n) is 15.3. The van der Waals surface area contributed by atoms with Crippen molar-refractivity contribution in [3.8, 4) is 0 Å². The highest BCUT2D eigenvalue weighted by Gasteiger charge is 2.24. The zero-order chi connectivity index (χ0) is 20.5. The van der Waals surface area contributed by atoms with E-state index >= 15 is 0 Å². The van der Waals surface area contributed by atoms with Crippen LogP contribution in [0, 0.1) is 13.8 Å². The molecule has 0 saturated carbocycles. The van der Waals surface area contributed by atoms with E-state index < -0.39 is 10.0 Å². The number of halogens is 2. The normalized spacial score (nSPS) is 14.9. The lowest BCUT2D eigenvalue weighted by Gasteiger charge is -2.26. The van der Waals surface area contributed by atoms with Gasteiger partial charge < -0.3 is 9.64 Å². The molecule has 1 aromatic carbocycles. The van der Waals surface area contributed by atoms with Crippen LogP contribution >= 0.6 is 34.5 Å². The number of hydrogen-bond donors (Lipinski definition) is 1. The molecule has 1 aliphatic heterocycles. The van der Waals surface area contributed by atoms with Crippen molar-refractivity contribution < 1.29 is 17.9 Å². The SMILES string of the molecule is Cc1cc(Cl)cc(Cl)c1S(=O)(=O)Nc1nc(CC(=O)N2CCOCC2)c(C)s1. The maximum absolute atomic E-state index is 12.8. The molecule has 3 rings (SSSR count). The van der Waals surface area contributed by atoms with Crippen LogP contribution in [0.3, 0.4) is 0 Å². The van der Waals surface area contributed by atoms with Gasteiger partial charge in [0.05, 0.1) is 30.4 Å². The van der Waals surface area contributed by atoms with Gasteiger partial charge in [0.2, 0.25) is 5.91 Å². The van der Waals surface area contributed by atoms with Gasteiger partial charge in [-0.2, -0.15) is 0 Å². The van der Waals surface area contributed by atoms with Gasteiger partial charge in [-0.15, -0.1) is 11.3 Å². The number of anilines is 1. The lowest BCUT2D eigenvalue weighted by molar-refractivity contribution is -0.134. The average Bonchev–Trinajstić information content (AvgIpc) is 2.92. The molecule has 1 fully saturated rings. The summed E-state index contributed by atoms with van der Waals surface area (Å²) in [5, 5.41) is 0.580. The van der Waals surface area contributed by atoms with Crippen molar-refractivity contribution in [2.45, 2.75) is 25.2 Å². The van der Waals surface area contributed by atoms with E-state index in [1.54, 1.807) is 18.7 Å². The average molecular weight is 464 g/mol. The summed E-state index contributed by atoms with van der Waals surface area (Å²) in [6.07, 6.45) is 0.116. The van der Waals surface area contributed by atoms with Crippen LogP contribution in [0.5, 0.6) is 0 Å². The summed E-state index contributed by atoms with van der Waals surface area (Å²) in [7, 11) is -3.95. The third-order valence-corrected chi connectivity index (χ3v) is 7.49. The van der Waals surface area contributed by atoms with Crippen molar-refractivity contribution in [1.29, 1.82) is 0 Å². The van der Waals surface area contributed by atoms with Crippen molar-refractivity contribution in [2.24, 2.45) is 0 Å². The Morgan fingerprint density at radius 1 is 1.29 bits per heavy atom. The van der Waals surface area contributed by atoms with Crippen molar-refractivity contribution in [2.75, 3.05) is 31.0 Å². The first-order chi connectivity index (χ1) is 13.2. The van der Waals surface area contributed by atoms with Gasteiger partial charge in [-0.25, -0.2) is 13.4 Å². The minimum Gasteiger partial charge on any atom is -0.378 e. The van der Waals surface area contributed by atoms with Crippen LogP contribution in [-0.2, 0) is 26.0 Å². The summed E-state index contributed by atoms with van der Waals surface area (Å²) < 4.78 is 33.3. The van der Waals surface area contributed by atoms with Gasteiger partial charge in [-0.1, -0.05) is 23.2 Å². The monoisotopic (exact) mass is 463 g/mol. The quantitative estimate of drug-likeness (QED) is 0.734. The van der Waals surface area contributed by atoms with E-state index in [0.29, 0.717) is 42.6 Å². The number of hydrogen-bond acceptors (Lipinski definition) is 6. The molecule has 28 heavy (non-hydrogen) atoms. The Bertz CT molecular complexity index is 979. The number of benzene rings is 1. The molecule has 0 bridgehead atoms. The van der Waals surface area contributed by atoms with Gasteiger partial charge in [-0.3, -0.25) is 9.52 Å². The first-order valence-electron chi connectivity index (χ1n) is 8.47. The molecule has 0 atom stereocenters. The number of ether oxygens (including phenoxy) is 1. The molecule has 1 aliphatic rings. The number of rotatable bonds is 5. The number of morpholine rings is 1. The second-order valence-electron chi connectivity index (χ2n) is 6.33. The van der Waals surface area contributed by atoms with E-state index in [0.717, 1.165) is 4.88 Å². The summed E-state index contributed by atoms with van der Waals surface area (Å²) in [6, 6.07) is 2.91. The van der Waals surface area contributed by atoms with Crippen LogP contribution in [0.4, 0.5) is 5.13 Å². The lowest BCUT2D eigenvalue weighted by Crippen LogP contribution is -2.41. The summed E-state index contributed by atoms with van der Waals surface area (Å²) in [6.45, 7) is 5.57. The van der Waals surface area contributed by atoms with Crippen LogP contribution in [-0.4, -0.2) is 50.5 Å². The molecule has 0 aliphatic carbocycles. The molecule has 11 heteroatoms. The van der Waals surface area contributed by atoms with Crippen LogP contribution in [0.25, 0.3) is 0 Å². The fraction of sp³-hybridized carbons (Fsp3) is 0.412. The number of aromatic nitrogens is 1. The third kappa shape index (κ3) is 4.77. The largest absolute Gasteiger partial charge is 0.378 e. The molecule has 1 amide bonds. The second kappa shape index (κ2) is 8.54. The van der Waals surface area contributed by atoms with Crippen molar-refractivity contribution in [3.05, 3.63) is 38.3 Å². The molecule has 0 spiro atoms. The molecule has 152 valence electrons. The van der Waals surface area contributed by atoms with Crippen molar-refractivity contribution in [3.63, 3.8) is 0 Å². The van der Waals surface area contributed by atoms with Gasteiger partial charge in [0.1, 0.15) is 4.90 Å². The molecule has 1 aromatic heterocycles. The number of nitrogens with one attached hydrogen (secondary N) is 1. The van der Waals surface area contributed by atoms with E-state index in [9.17, 15) is 13.2 Å². The third-order valence-electron chi connectivity index (χ3n) is 4.26. The highest BCUT2D eigenvalue weighted by molar-refractivity contribution is 7.93. The zero-order valence-corrected chi connectivity index (χ0v) is 18.4. The lowest BCUT2D eigenvalue weighted by atomic mass is 10.2. The Balaban J connectivity index is 1.78. The van der Waals surface area contributed by atoms with Crippen LogP contribution in [0.1, 0.15) is 16.1 Å². The minimum absolute atomic E-state index is 0.0356. The maximum atomic E-state index is 12.8. The van der Waals surface area contributed by atoms with E-state index in [4.69, 9.17) is 27.9 Å². The van der Waals surface area contributed by atoms with Gasteiger partial charge in [-0.05, 0) is 31.5 Å². The first-order valence-corrected chi connectivity index (χ1v) is 11.5. The van der Waals surface area contributed by atoms with E-state index in [-0.39, 0.29) is 27.4 Å². The predicted molar refractivity (Wildman–Crippen MR) is 110 cm³/mol. The Labute approximate surface area is 177 Å². The number of nitrogens with zero attached hydrogens (tertiary/aromatic N) is 2. The smallest absolute Gasteiger partial charge is 0.265 e. The van der Waals surface area contributed by atoms with Gasteiger partial charge in [0.15, 0.2) is 5.13 Å². The minimum atomic E-state index is -3.95. The Hall–Kier alpha value is -1.39. The fourth-order valence-electron chi connectivity index (χ4n) is 2.90. The van der Waals surface area contributed by atoms with E-state index in [1.807, 2.05) is 0 Å². The predicted octanol–water partition coefficient (Wildman–Crippen LogP) is 3.27. The highest BCUT2D eigenvalue weighted by atomic mass is 35.5. The summed E-state index contributed by atoms with van der Waals surface area (Å²) in [5.74, 6) is -0.0531. The standard InChI is InChI=1S/C17H19Cl2N3O4S2/c1-10-7-12(18)8-13(19)16(10)28(24,25)21-17-20-14(11(2)27-17)9-15(23)22-3-5-26-6-4-22/h7-8H,3-6,9H2,1-2H3,(H,20,21). The molecular formula is C17H19Cl2N3O4S2. The Morgan fingerprint density at radius 3 is 2.61 bits per heavy atom. The fourth-order valence-corrected chi connectivity index (χ4v) is 6.15. The van der Waals surface area contributed by atoms with Gasteiger partial charge >= 0.3 is 0 Å². The van der Waals surface area contributed by atoms with Gasteiger partial charge in [0.25, 0.3) is 10.0 Å². The van der Waals surface area contributed by atoms with Crippen LogP contribution in [0.15, 0.2) is 17.0 Å². The number of amides is 1. The molecule has 0 radical (unpaired) electrons. The number of carbonyl (C=O) groups is 1. The summed E-state index contributed by atoms with van der Waals surface area (Å²) in [5.41, 5.74) is 0.985. The summed E-state index contributed by atoms with van der Waals surface area (Å²) in [4.78, 5) is 19.2. The number of aryl methyl sites for hydroxylation is 2. The number of carbonyl (C=O) groups excluding carboxylic acids is 1. The van der Waals surface area contributed by atoms with Gasteiger partial charge in [0, 0.05) is 23.0 Å². The molecule has 1 N–H and O–H groups in total. The molecule has 2 aromatic rings. The molecule has 2 heterocycles. The van der Waals surface area contributed by atoms with Crippen LogP contribution in [0.2, 0.25) is 10.0 Å². The first kappa shape index (κ1) is 21.3. The highest BCUT2D eigenvalue weighted by Crippen LogP contribution is 2.32. The molecular weight excluding hydrogens is 445 g/mol. The number of thiazole rings is 1. The Kier molecular flexibility index (Phi) is 6.51. The summed E-state index contributed by atoms with van der Waals surface area (Å²) >= 11 is 13.2. The molecule has 7 nitrogen and oxygen atoms in total. The van der Waals surface area contributed by atoms with E-state index in [2.05, 4.69) is 9.71 Å². The maximum Gasteiger partial charge on any atom is 0.265 e. The topological polar surface area (TPSA) is 88.6 Å². The number of sulfonamides is 1. The molecule has 1 saturated heterocycles. The molecule has 0 unspecified atom stereocenters.